The zero-order valence-corrected chi connectivity index (χ0v) is 14.8. The Morgan fingerprint density at radius 3 is 2.88 bits per heavy atom. The van der Waals surface area contributed by atoms with E-state index in [0.717, 1.165) is 16.5 Å². The molecule has 4 aromatic heterocycles. The molecule has 1 N–H and O–H groups in total. The lowest BCUT2D eigenvalue weighted by Gasteiger charge is -2.10. The molecule has 0 atom stereocenters. The molecule has 0 aliphatic carbocycles. The topological polar surface area (TPSA) is 94.8 Å². The first-order valence-corrected chi connectivity index (χ1v) is 8.64. The molecule has 0 radical (unpaired) electrons. The van der Waals surface area contributed by atoms with Crippen LogP contribution in [0, 0.1) is 13.8 Å². The number of pyridine rings is 1. The van der Waals surface area contributed by atoms with E-state index in [-0.39, 0.29) is 5.75 Å². The van der Waals surface area contributed by atoms with Crippen molar-refractivity contribution in [3.8, 4) is 16.6 Å². The Morgan fingerprint density at radius 2 is 2.12 bits per heavy atom. The third kappa shape index (κ3) is 3.00. The minimum Gasteiger partial charge on any atom is -0.406 e. The summed E-state index contributed by atoms with van der Waals surface area (Å²) in [5, 5.41) is 3.57. The van der Waals surface area contributed by atoms with E-state index in [1.807, 2.05) is 24.6 Å². The standard InChI is InChI=1S/C17H14N6O2S/c1-10-9-23(13-7-18-4-3-12(10)13)22-17(24)25-14-8-20-15(21-11(14)2)16-19-5-6-26-16/h3-9H,1-2H3,(H,22,24). The molecule has 4 heterocycles. The Hall–Kier alpha value is -3.33. The first-order chi connectivity index (χ1) is 12.6. The summed E-state index contributed by atoms with van der Waals surface area (Å²) in [7, 11) is 0. The predicted molar refractivity (Wildman–Crippen MR) is 97.7 cm³/mol. The minimum atomic E-state index is -0.639. The number of hydrogen-bond donors (Lipinski definition) is 1. The van der Waals surface area contributed by atoms with E-state index in [4.69, 9.17) is 4.74 Å². The van der Waals surface area contributed by atoms with Crippen molar-refractivity contribution in [2.45, 2.75) is 13.8 Å². The quantitative estimate of drug-likeness (QED) is 0.598. The molecule has 9 heteroatoms. The van der Waals surface area contributed by atoms with E-state index in [2.05, 4.69) is 25.4 Å². The number of aromatic nitrogens is 5. The second kappa shape index (κ2) is 6.52. The van der Waals surface area contributed by atoms with Crippen molar-refractivity contribution in [3.05, 3.63) is 53.7 Å². The van der Waals surface area contributed by atoms with Gasteiger partial charge in [-0.2, -0.15) is 0 Å². The van der Waals surface area contributed by atoms with Crippen LogP contribution in [-0.4, -0.2) is 30.7 Å². The highest BCUT2D eigenvalue weighted by Crippen LogP contribution is 2.22. The van der Waals surface area contributed by atoms with Gasteiger partial charge in [0.1, 0.15) is 0 Å². The highest BCUT2D eigenvalue weighted by atomic mass is 32.1. The smallest absolute Gasteiger partial charge is 0.406 e. The summed E-state index contributed by atoms with van der Waals surface area (Å²) in [5.41, 5.74) is 5.03. The lowest BCUT2D eigenvalue weighted by molar-refractivity contribution is 0.211. The van der Waals surface area contributed by atoms with Gasteiger partial charge < -0.3 is 4.74 Å². The molecule has 26 heavy (non-hydrogen) atoms. The third-order valence-electron chi connectivity index (χ3n) is 3.78. The minimum absolute atomic E-state index is 0.286. The summed E-state index contributed by atoms with van der Waals surface area (Å²) < 4.78 is 6.93. The zero-order chi connectivity index (χ0) is 18.1. The van der Waals surface area contributed by atoms with Crippen LogP contribution in [0.15, 0.2) is 42.4 Å². The van der Waals surface area contributed by atoms with Gasteiger partial charge in [-0.1, -0.05) is 0 Å². The Balaban J connectivity index is 1.53. The van der Waals surface area contributed by atoms with Gasteiger partial charge in [-0.25, -0.2) is 25.2 Å². The third-order valence-corrected chi connectivity index (χ3v) is 4.55. The largest absolute Gasteiger partial charge is 0.432 e. The summed E-state index contributed by atoms with van der Waals surface area (Å²) in [4.78, 5) is 29.1. The summed E-state index contributed by atoms with van der Waals surface area (Å²) >= 11 is 1.44. The summed E-state index contributed by atoms with van der Waals surface area (Å²) in [6, 6.07) is 1.89. The Morgan fingerprint density at radius 1 is 1.23 bits per heavy atom. The van der Waals surface area contributed by atoms with Gasteiger partial charge >= 0.3 is 6.09 Å². The van der Waals surface area contributed by atoms with Gasteiger partial charge in [0.25, 0.3) is 0 Å². The number of nitrogens with one attached hydrogen (secondary N) is 1. The van der Waals surface area contributed by atoms with Crippen molar-refractivity contribution >= 4 is 28.3 Å². The van der Waals surface area contributed by atoms with E-state index in [9.17, 15) is 4.79 Å². The fraction of sp³-hybridized carbons (Fsp3) is 0.118. The SMILES string of the molecule is Cc1nc(-c2nccs2)ncc1OC(=O)Nn1cc(C)c2ccncc21. The molecule has 0 fully saturated rings. The molecule has 0 spiro atoms. The predicted octanol–water partition coefficient (Wildman–Crippen LogP) is 3.31. The zero-order valence-electron chi connectivity index (χ0n) is 14.0. The van der Waals surface area contributed by atoms with Crippen molar-refractivity contribution < 1.29 is 9.53 Å². The second-order valence-corrected chi connectivity index (χ2v) is 6.45. The summed E-state index contributed by atoms with van der Waals surface area (Å²) in [6.07, 6.45) is 7.72. The molecule has 0 bridgehead atoms. The molecular formula is C17H14N6O2S. The van der Waals surface area contributed by atoms with Gasteiger partial charge in [0, 0.05) is 29.4 Å². The Kier molecular flexibility index (Phi) is 4.05. The maximum absolute atomic E-state index is 12.3. The highest BCUT2D eigenvalue weighted by Gasteiger charge is 2.13. The molecule has 8 nitrogen and oxygen atoms in total. The average molecular weight is 366 g/mol. The van der Waals surface area contributed by atoms with Crippen LogP contribution in [0.5, 0.6) is 5.75 Å². The van der Waals surface area contributed by atoms with Gasteiger partial charge in [0.15, 0.2) is 16.6 Å². The van der Waals surface area contributed by atoms with Crippen molar-refractivity contribution in [3.63, 3.8) is 0 Å². The molecule has 0 aromatic carbocycles. The van der Waals surface area contributed by atoms with E-state index < -0.39 is 6.09 Å². The van der Waals surface area contributed by atoms with Gasteiger partial charge in [0.2, 0.25) is 0 Å². The normalized spacial score (nSPS) is 10.8. The van der Waals surface area contributed by atoms with E-state index in [1.165, 1.54) is 17.5 Å². The van der Waals surface area contributed by atoms with Crippen LogP contribution in [0.25, 0.3) is 21.7 Å². The fourth-order valence-corrected chi connectivity index (χ4v) is 3.13. The van der Waals surface area contributed by atoms with Gasteiger partial charge in [-0.05, 0) is 25.5 Å². The number of amides is 1. The van der Waals surface area contributed by atoms with Crippen molar-refractivity contribution in [2.24, 2.45) is 0 Å². The van der Waals surface area contributed by atoms with Crippen molar-refractivity contribution in [1.82, 2.24) is 24.6 Å². The van der Waals surface area contributed by atoms with Gasteiger partial charge in [-0.15, -0.1) is 11.3 Å². The van der Waals surface area contributed by atoms with Crippen LogP contribution in [-0.2, 0) is 0 Å². The molecule has 4 rings (SSSR count). The molecule has 0 aliphatic heterocycles. The lowest BCUT2D eigenvalue weighted by atomic mass is 10.2. The molecular weight excluding hydrogens is 352 g/mol. The monoisotopic (exact) mass is 366 g/mol. The lowest BCUT2D eigenvalue weighted by Crippen LogP contribution is -2.25. The average Bonchev–Trinajstić information content (AvgIpc) is 3.26. The molecule has 1 amide bonds. The summed E-state index contributed by atoms with van der Waals surface area (Å²) in [5.74, 6) is 0.789. The van der Waals surface area contributed by atoms with Gasteiger partial charge in [0.05, 0.1) is 23.6 Å². The number of nitrogens with zero attached hydrogens (tertiary/aromatic N) is 5. The van der Waals surface area contributed by atoms with Crippen LogP contribution < -0.4 is 10.2 Å². The molecule has 4 aromatic rings. The number of rotatable bonds is 3. The molecule has 0 unspecified atom stereocenters. The second-order valence-electron chi connectivity index (χ2n) is 5.56. The van der Waals surface area contributed by atoms with Crippen LogP contribution in [0.1, 0.15) is 11.3 Å². The maximum Gasteiger partial charge on any atom is 0.432 e. The van der Waals surface area contributed by atoms with Crippen LogP contribution >= 0.6 is 11.3 Å². The first-order valence-electron chi connectivity index (χ1n) is 7.76. The Labute approximate surface area is 152 Å². The van der Waals surface area contributed by atoms with Crippen molar-refractivity contribution in [2.75, 3.05) is 5.43 Å². The number of hydrogen-bond acceptors (Lipinski definition) is 7. The fourth-order valence-electron chi connectivity index (χ4n) is 2.55. The number of carbonyl (C=O) groups is 1. The number of fused-ring (bicyclic) bond motifs is 1. The highest BCUT2D eigenvalue weighted by molar-refractivity contribution is 7.12. The molecule has 0 saturated carbocycles. The van der Waals surface area contributed by atoms with Crippen LogP contribution in [0.3, 0.4) is 0 Å². The maximum atomic E-state index is 12.3. The van der Waals surface area contributed by atoms with Crippen molar-refractivity contribution in [1.29, 1.82) is 0 Å². The van der Waals surface area contributed by atoms with Crippen LogP contribution in [0.2, 0.25) is 0 Å². The van der Waals surface area contributed by atoms with Gasteiger partial charge in [-0.3, -0.25) is 9.66 Å². The van der Waals surface area contributed by atoms with E-state index in [1.54, 1.807) is 30.2 Å². The number of thiazole rings is 1. The van der Waals surface area contributed by atoms with Crippen LogP contribution in [0.4, 0.5) is 4.79 Å². The first kappa shape index (κ1) is 16.2. The number of carbonyl (C=O) groups excluding carboxylic acids is 1. The molecule has 0 saturated heterocycles. The number of aryl methyl sites for hydroxylation is 2. The summed E-state index contributed by atoms with van der Waals surface area (Å²) in [6.45, 7) is 3.71. The number of ether oxygens (including phenoxy) is 1. The Bertz CT molecular complexity index is 1090. The molecule has 0 aliphatic rings. The molecule has 130 valence electrons. The van der Waals surface area contributed by atoms with E-state index in [0.29, 0.717) is 16.5 Å². The van der Waals surface area contributed by atoms with E-state index >= 15 is 0 Å².